The first-order valence-electron chi connectivity index (χ1n) is 9.72. The molecule has 7 heteroatoms. The molecule has 1 N–H and O–H groups in total. The Morgan fingerprint density at radius 3 is 2.52 bits per heavy atom. The summed E-state index contributed by atoms with van der Waals surface area (Å²) in [6.07, 6.45) is 1.57. The van der Waals surface area contributed by atoms with Crippen LogP contribution in [0.15, 0.2) is 78.5 Å². The highest BCUT2D eigenvalue weighted by molar-refractivity contribution is 6.51. The van der Waals surface area contributed by atoms with Crippen LogP contribution in [0.2, 0.25) is 5.02 Å². The van der Waals surface area contributed by atoms with Gasteiger partial charge in [-0.25, -0.2) is 0 Å². The third-order valence-electron chi connectivity index (χ3n) is 4.94. The number of carbonyl (C=O) groups excluding carboxylic acids is 2. The molecule has 2 aromatic carbocycles. The molecule has 31 heavy (non-hydrogen) atoms. The first-order chi connectivity index (χ1) is 15.0. The van der Waals surface area contributed by atoms with Crippen LogP contribution in [0, 0.1) is 0 Å². The molecule has 6 nitrogen and oxygen atoms in total. The molecule has 0 radical (unpaired) electrons. The highest BCUT2D eigenvalue weighted by Gasteiger charge is 2.47. The molecular weight excluding hydrogens is 416 g/mol. The summed E-state index contributed by atoms with van der Waals surface area (Å²) in [5, 5.41) is 11.5. The van der Waals surface area contributed by atoms with Crippen molar-refractivity contribution in [3.8, 4) is 5.75 Å². The summed E-state index contributed by atoms with van der Waals surface area (Å²) in [7, 11) is 0. The molecule has 0 saturated carbocycles. The average Bonchev–Trinajstić information content (AvgIpc) is 3.05. The van der Waals surface area contributed by atoms with Crippen molar-refractivity contribution in [1.29, 1.82) is 0 Å². The Morgan fingerprint density at radius 1 is 1.10 bits per heavy atom. The van der Waals surface area contributed by atoms with Crippen LogP contribution in [0.25, 0.3) is 5.76 Å². The molecule has 156 valence electrons. The number of rotatable bonds is 5. The van der Waals surface area contributed by atoms with Gasteiger partial charge in [0.1, 0.15) is 17.6 Å². The average molecular weight is 435 g/mol. The zero-order chi connectivity index (χ0) is 22.0. The van der Waals surface area contributed by atoms with E-state index < -0.39 is 17.7 Å². The lowest BCUT2D eigenvalue weighted by Crippen LogP contribution is -2.29. The van der Waals surface area contributed by atoms with Crippen LogP contribution in [0.4, 0.5) is 5.69 Å². The minimum Gasteiger partial charge on any atom is -0.507 e. The van der Waals surface area contributed by atoms with Crippen molar-refractivity contribution in [2.24, 2.45) is 0 Å². The molecule has 4 rings (SSSR count). The Hall–Kier alpha value is -3.64. The fraction of sp³-hybridized carbons (Fsp3) is 0.125. The molecule has 1 fully saturated rings. The quantitative estimate of drug-likeness (QED) is 0.356. The van der Waals surface area contributed by atoms with Crippen molar-refractivity contribution in [3.63, 3.8) is 0 Å². The molecule has 0 bridgehead atoms. The molecular formula is C24H19ClN2O4. The van der Waals surface area contributed by atoms with Crippen molar-refractivity contribution in [3.05, 3.63) is 94.8 Å². The summed E-state index contributed by atoms with van der Waals surface area (Å²) in [4.78, 5) is 31.7. The molecule has 1 aliphatic heterocycles. The molecule has 0 aliphatic carbocycles. The topological polar surface area (TPSA) is 79.7 Å². The molecule has 1 saturated heterocycles. The number of aliphatic hydroxyl groups is 1. The number of aromatic nitrogens is 1. The number of pyridine rings is 1. The van der Waals surface area contributed by atoms with Gasteiger partial charge in [0.25, 0.3) is 11.7 Å². The highest BCUT2D eigenvalue weighted by atomic mass is 35.5. The van der Waals surface area contributed by atoms with Gasteiger partial charge in [0, 0.05) is 22.5 Å². The van der Waals surface area contributed by atoms with Gasteiger partial charge in [-0.05, 0) is 61.5 Å². The van der Waals surface area contributed by atoms with E-state index >= 15 is 0 Å². The third kappa shape index (κ3) is 3.90. The molecule has 0 spiro atoms. The molecule has 1 amide bonds. The van der Waals surface area contributed by atoms with E-state index in [0.717, 1.165) is 0 Å². The second-order valence-electron chi connectivity index (χ2n) is 6.86. The third-order valence-corrected chi connectivity index (χ3v) is 5.17. The van der Waals surface area contributed by atoms with Gasteiger partial charge in [0.2, 0.25) is 0 Å². The number of hydrogen-bond acceptors (Lipinski definition) is 5. The molecule has 1 aliphatic rings. The number of ketones is 1. The summed E-state index contributed by atoms with van der Waals surface area (Å²) in [5.74, 6) is -1.19. The molecule has 1 atom stereocenters. The summed E-state index contributed by atoms with van der Waals surface area (Å²) >= 11 is 6.12. The van der Waals surface area contributed by atoms with E-state index in [0.29, 0.717) is 34.3 Å². The first-order valence-corrected chi connectivity index (χ1v) is 10.1. The minimum atomic E-state index is -0.897. The number of ether oxygens (including phenoxy) is 1. The van der Waals surface area contributed by atoms with Crippen molar-refractivity contribution < 1.29 is 19.4 Å². The summed E-state index contributed by atoms with van der Waals surface area (Å²) in [6.45, 7) is 2.38. The highest BCUT2D eigenvalue weighted by Crippen LogP contribution is 2.41. The van der Waals surface area contributed by atoms with E-state index in [1.54, 1.807) is 72.9 Å². The van der Waals surface area contributed by atoms with Crippen LogP contribution in [-0.4, -0.2) is 28.4 Å². The van der Waals surface area contributed by atoms with Gasteiger partial charge < -0.3 is 9.84 Å². The maximum Gasteiger partial charge on any atom is 0.300 e. The monoisotopic (exact) mass is 434 g/mol. The van der Waals surface area contributed by atoms with E-state index in [9.17, 15) is 14.7 Å². The Morgan fingerprint density at radius 2 is 1.87 bits per heavy atom. The Labute approximate surface area is 184 Å². The van der Waals surface area contributed by atoms with Gasteiger partial charge >= 0.3 is 0 Å². The second-order valence-corrected chi connectivity index (χ2v) is 7.30. The van der Waals surface area contributed by atoms with Crippen molar-refractivity contribution in [1.82, 2.24) is 4.98 Å². The maximum atomic E-state index is 13.0. The van der Waals surface area contributed by atoms with Crippen molar-refractivity contribution in [2.75, 3.05) is 11.5 Å². The summed E-state index contributed by atoms with van der Waals surface area (Å²) < 4.78 is 5.43. The van der Waals surface area contributed by atoms with Crippen LogP contribution in [0.5, 0.6) is 5.75 Å². The molecule has 1 unspecified atom stereocenters. The predicted octanol–water partition coefficient (Wildman–Crippen LogP) is 4.76. The standard InChI is InChI=1S/C24H19ClN2O4/c1-2-31-18-11-9-15(10-12-18)22(28)20-21(19-8-3-4-13-26-19)27(24(30)23(20)29)17-7-5-6-16(25)14-17/h3-14,21,28H,2H2,1H3/b22-20+. The van der Waals surface area contributed by atoms with Gasteiger partial charge in [-0.2, -0.15) is 0 Å². The number of benzene rings is 2. The van der Waals surface area contributed by atoms with E-state index in [4.69, 9.17) is 16.3 Å². The number of hydrogen-bond donors (Lipinski definition) is 1. The van der Waals surface area contributed by atoms with Gasteiger partial charge in [-0.15, -0.1) is 0 Å². The van der Waals surface area contributed by atoms with Crippen LogP contribution >= 0.6 is 11.6 Å². The van der Waals surface area contributed by atoms with E-state index in [2.05, 4.69) is 4.98 Å². The largest absolute Gasteiger partial charge is 0.507 e. The van der Waals surface area contributed by atoms with Gasteiger partial charge in [-0.1, -0.05) is 23.7 Å². The Bertz CT molecular complexity index is 1160. The van der Waals surface area contributed by atoms with Crippen LogP contribution in [0.1, 0.15) is 24.2 Å². The van der Waals surface area contributed by atoms with Gasteiger partial charge in [0.05, 0.1) is 17.9 Å². The number of nitrogens with zero attached hydrogens (tertiary/aromatic N) is 2. The van der Waals surface area contributed by atoms with Crippen molar-refractivity contribution in [2.45, 2.75) is 13.0 Å². The number of aliphatic hydroxyl groups excluding tert-OH is 1. The van der Waals surface area contributed by atoms with E-state index in [-0.39, 0.29) is 11.3 Å². The smallest absolute Gasteiger partial charge is 0.300 e. The van der Waals surface area contributed by atoms with Crippen LogP contribution in [-0.2, 0) is 9.59 Å². The number of Topliss-reactive ketones (excluding diaryl/α,β-unsaturated/α-hetero) is 1. The number of halogens is 1. The SMILES string of the molecule is CCOc1ccc(/C(O)=C2\C(=O)C(=O)N(c3cccc(Cl)c3)C2c2ccccn2)cc1. The fourth-order valence-electron chi connectivity index (χ4n) is 3.57. The molecule has 3 aromatic rings. The van der Waals surface area contributed by atoms with Crippen molar-refractivity contribution >= 4 is 34.7 Å². The maximum absolute atomic E-state index is 13.0. The molecule has 1 aromatic heterocycles. The zero-order valence-corrected chi connectivity index (χ0v) is 17.4. The second kappa shape index (κ2) is 8.62. The first kappa shape index (κ1) is 20.6. The van der Waals surface area contributed by atoms with Crippen LogP contribution < -0.4 is 9.64 Å². The minimum absolute atomic E-state index is 0.0344. The number of anilines is 1. The van der Waals surface area contributed by atoms with Gasteiger partial charge in [0.15, 0.2) is 0 Å². The Kier molecular flexibility index (Phi) is 5.73. The summed E-state index contributed by atoms with van der Waals surface area (Å²) in [6, 6.07) is 17.6. The Balaban J connectivity index is 1.88. The fourth-order valence-corrected chi connectivity index (χ4v) is 3.76. The van der Waals surface area contributed by atoms with Crippen LogP contribution in [0.3, 0.4) is 0 Å². The lowest BCUT2D eigenvalue weighted by Gasteiger charge is -2.24. The van der Waals surface area contributed by atoms with Gasteiger partial charge in [-0.3, -0.25) is 19.5 Å². The zero-order valence-electron chi connectivity index (χ0n) is 16.7. The lowest BCUT2D eigenvalue weighted by molar-refractivity contribution is -0.132. The number of amides is 1. The lowest BCUT2D eigenvalue weighted by atomic mass is 9.98. The van der Waals surface area contributed by atoms with E-state index in [1.165, 1.54) is 4.90 Å². The summed E-state index contributed by atoms with van der Waals surface area (Å²) in [5.41, 5.74) is 1.26. The van der Waals surface area contributed by atoms with E-state index in [1.807, 2.05) is 6.92 Å². The predicted molar refractivity (Wildman–Crippen MR) is 118 cm³/mol. The normalized spacial score (nSPS) is 17.7. The number of carbonyl (C=O) groups is 2. The molecule has 2 heterocycles.